The van der Waals surface area contributed by atoms with Crippen molar-refractivity contribution in [3.05, 3.63) is 35.2 Å². The molecule has 0 fully saturated rings. The van der Waals surface area contributed by atoms with Gasteiger partial charge in [-0.05, 0) is 18.9 Å². The molecule has 0 saturated heterocycles. The molecule has 0 aliphatic rings. The van der Waals surface area contributed by atoms with Crippen molar-refractivity contribution in [1.82, 2.24) is 4.98 Å². The van der Waals surface area contributed by atoms with E-state index in [0.717, 1.165) is 17.7 Å². The highest BCUT2D eigenvalue weighted by molar-refractivity contribution is 7.14. The Labute approximate surface area is 135 Å². The van der Waals surface area contributed by atoms with Gasteiger partial charge in [0.2, 0.25) is 5.91 Å². The topological polar surface area (TPSA) is 68.0 Å². The SMILES string of the molecule is CCc1ccc(-c2csc(NC(=O)CC(C)N)n2)cc1.Cl. The number of nitrogens with two attached hydrogens (primary N) is 1. The lowest BCUT2D eigenvalue weighted by molar-refractivity contribution is -0.116. The van der Waals surface area contributed by atoms with Gasteiger partial charge in [-0.15, -0.1) is 23.7 Å². The van der Waals surface area contributed by atoms with Crippen LogP contribution in [0.2, 0.25) is 0 Å². The molecule has 0 bridgehead atoms. The van der Waals surface area contributed by atoms with Crippen molar-refractivity contribution in [3.8, 4) is 11.3 Å². The second-order valence-corrected chi connectivity index (χ2v) is 5.68. The van der Waals surface area contributed by atoms with Crippen molar-refractivity contribution in [3.63, 3.8) is 0 Å². The molecule has 114 valence electrons. The summed E-state index contributed by atoms with van der Waals surface area (Å²) in [4.78, 5) is 16.1. The van der Waals surface area contributed by atoms with Crippen LogP contribution in [0.25, 0.3) is 11.3 Å². The van der Waals surface area contributed by atoms with Gasteiger partial charge in [-0.1, -0.05) is 31.2 Å². The Bertz CT molecular complexity index is 581. The van der Waals surface area contributed by atoms with Gasteiger partial charge in [-0.3, -0.25) is 4.79 Å². The summed E-state index contributed by atoms with van der Waals surface area (Å²) in [5, 5.41) is 5.34. The predicted molar refractivity (Wildman–Crippen MR) is 91.1 cm³/mol. The molecule has 3 N–H and O–H groups in total. The number of nitrogens with zero attached hydrogens (tertiary/aromatic N) is 1. The molecule has 1 amide bonds. The molecule has 0 aliphatic carbocycles. The van der Waals surface area contributed by atoms with Crippen LogP contribution in [0, 0.1) is 0 Å². The maximum absolute atomic E-state index is 11.6. The lowest BCUT2D eigenvalue weighted by Crippen LogP contribution is -2.23. The van der Waals surface area contributed by atoms with Crippen molar-refractivity contribution < 1.29 is 4.79 Å². The number of carbonyl (C=O) groups is 1. The number of anilines is 1. The molecule has 2 rings (SSSR count). The van der Waals surface area contributed by atoms with Crippen LogP contribution < -0.4 is 11.1 Å². The van der Waals surface area contributed by atoms with Gasteiger partial charge in [0.1, 0.15) is 0 Å². The number of carbonyl (C=O) groups excluding carboxylic acids is 1. The fourth-order valence-corrected chi connectivity index (χ4v) is 2.57. The maximum atomic E-state index is 11.6. The summed E-state index contributed by atoms with van der Waals surface area (Å²) >= 11 is 1.43. The summed E-state index contributed by atoms with van der Waals surface area (Å²) in [6.07, 6.45) is 1.33. The molecule has 21 heavy (non-hydrogen) atoms. The molecule has 0 radical (unpaired) electrons. The normalized spacial score (nSPS) is 11.6. The lowest BCUT2D eigenvalue weighted by atomic mass is 10.1. The Morgan fingerprint density at radius 1 is 1.38 bits per heavy atom. The van der Waals surface area contributed by atoms with E-state index in [-0.39, 0.29) is 24.4 Å². The van der Waals surface area contributed by atoms with E-state index >= 15 is 0 Å². The number of hydrogen-bond acceptors (Lipinski definition) is 4. The third-order valence-electron chi connectivity index (χ3n) is 2.92. The van der Waals surface area contributed by atoms with Gasteiger partial charge in [-0.2, -0.15) is 0 Å². The van der Waals surface area contributed by atoms with E-state index in [4.69, 9.17) is 5.73 Å². The van der Waals surface area contributed by atoms with Crippen LogP contribution in [0.15, 0.2) is 29.6 Å². The number of thiazole rings is 1. The van der Waals surface area contributed by atoms with Crippen LogP contribution in [0.1, 0.15) is 25.8 Å². The first kappa shape index (κ1) is 17.6. The number of benzene rings is 1. The Morgan fingerprint density at radius 2 is 2.05 bits per heavy atom. The Kier molecular flexibility index (Phi) is 6.81. The third-order valence-corrected chi connectivity index (χ3v) is 3.67. The lowest BCUT2D eigenvalue weighted by Gasteiger charge is -2.04. The van der Waals surface area contributed by atoms with E-state index < -0.39 is 0 Å². The van der Waals surface area contributed by atoms with Crippen LogP contribution in [-0.4, -0.2) is 16.9 Å². The first-order valence-electron chi connectivity index (χ1n) is 6.68. The van der Waals surface area contributed by atoms with Gasteiger partial charge in [-0.25, -0.2) is 4.98 Å². The van der Waals surface area contributed by atoms with Crippen LogP contribution in [0.5, 0.6) is 0 Å². The number of aromatic nitrogens is 1. The minimum absolute atomic E-state index is 0. The molecule has 1 heterocycles. The zero-order chi connectivity index (χ0) is 14.5. The van der Waals surface area contributed by atoms with Gasteiger partial charge in [0.25, 0.3) is 0 Å². The average molecular weight is 326 g/mol. The molecule has 1 unspecified atom stereocenters. The number of nitrogens with one attached hydrogen (secondary N) is 1. The van der Waals surface area contributed by atoms with E-state index in [0.29, 0.717) is 11.6 Å². The van der Waals surface area contributed by atoms with Crippen molar-refractivity contribution in [1.29, 1.82) is 0 Å². The van der Waals surface area contributed by atoms with Crippen LogP contribution in [0.4, 0.5) is 5.13 Å². The number of rotatable bonds is 5. The van der Waals surface area contributed by atoms with E-state index in [9.17, 15) is 4.79 Å². The fourth-order valence-electron chi connectivity index (χ4n) is 1.84. The van der Waals surface area contributed by atoms with E-state index in [2.05, 4.69) is 41.5 Å². The second kappa shape index (κ2) is 8.12. The van der Waals surface area contributed by atoms with E-state index in [1.54, 1.807) is 0 Å². The molecule has 2 aromatic rings. The van der Waals surface area contributed by atoms with E-state index in [1.165, 1.54) is 16.9 Å². The van der Waals surface area contributed by atoms with Crippen molar-refractivity contribution in [2.45, 2.75) is 32.7 Å². The van der Waals surface area contributed by atoms with Gasteiger partial charge < -0.3 is 11.1 Å². The van der Waals surface area contributed by atoms with Gasteiger partial charge in [0, 0.05) is 23.4 Å². The van der Waals surface area contributed by atoms with Crippen molar-refractivity contribution in [2.75, 3.05) is 5.32 Å². The van der Waals surface area contributed by atoms with Gasteiger partial charge in [0.15, 0.2) is 5.13 Å². The quantitative estimate of drug-likeness (QED) is 0.884. The standard InChI is InChI=1S/C15H19N3OS.ClH/c1-3-11-4-6-12(7-5-11)13-9-20-15(17-13)18-14(19)8-10(2)16;/h4-7,9-10H,3,8,16H2,1-2H3,(H,17,18,19);1H. The van der Waals surface area contributed by atoms with Crippen LogP contribution >= 0.6 is 23.7 Å². The molecule has 1 atom stereocenters. The van der Waals surface area contributed by atoms with Crippen molar-refractivity contribution in [2.24, 2.45) is 5.73 Å². The van der Waals surface area contributed by atoms with Crippen LogP contribution in [0.3, 0.4) is 0 Å². The molecular formula is C15H20ClN3OS. The summed E-state index contributed by atoms with van der Waals surface area (Å²) in [6.45, 7) is 3.94. The third kappa shape index (κ3) is 5.12. The molecule has 6 heteroatoms. The highest BCUT2D eigenvalue weighted by Crippen LogP contribution is 2.25. The summed E-state index contributed by atoms with van der Waals surface area (Å²) in [5.74, 6) is -0.0952. The van der Waals surface area contributed by atoms with Gasteiger partial charge >= 0.3 is 0 Å². The minimum Gasteiger partial charge on any atom is -0.327 e. The Balaban J connectivity index is 0.00000220. The first-order valence-corrected chi connectivity index (χ1v) is 7.56. The zero-order valence-corrected chi connectivity index (χ0v) is 13.8. The monoisotopic (exact) mass is 325 g/mol. The van der Waals surface area contributed by atoms with Crippen LogP contribution in [-0.2, 0) is 11.2 Å². The number of hydrogen-bond donors (Lipinski definition) is 2. The molecule has 0 spiro atoms. The smallest absolute Gasteiger partial charge is 0.227 e. The van der Waals surface area contributed by atoms with Gasteiger partial charge in [0.05, 0.1) is 5.69 Å². The maximum Gasteiger partial charge on any atom is 0.227 e. The molecule has 1 aromatic carbocycles. The highest BCUT2D eigenvalue weighted by Gasteiger charge is 2.09. The van der Waals surface area contributed by atoms with Crippen molar-refractivity contribution >= 4 is 34.8 Å². The highest BCUT2D eigenvalue weighted by atomic mass is 35.5. The number of amides is 1. The molecule has 1 aromatic heterocycles. The Morgan fingerprint density at radius 3 is 2.62 bits per heavy atom. The first-order chi connectivity index (χ1) is 9.58. The number of aryl methyl sites for hydroxylation is 1. The molecule has 0 aliphatic heterocycles. The molecular weight excluding hydrogens is 306 g/mol. The summed E-state index contributed by atoms with van der Waals surface area (Å²) in [5.41, 5.74) is 8.84. The Hall–Kier alpha value is -1.43. The predicted octanol–water partition coefficient (Wildman–Crippen LogP) is 3.47. The average Bonchev–Trinajstić information content (AvgIpc) is 2.86. The summed E-state index contributed by atoms with van der Waals surface area (Å²) < 4.78 is 0. The van der Waals surface area contributed by atoms with E-state index in [1.807, 2.05) is 12.3 Å². The summed E-state index contributed by atoms with van der Waals surface area (Å²) in [6, 6.07) is 8.17. The minimum atomic E-state index is -0.143. The second-order valence-electron chi connectivity index (χ2n) is 4.82. The number of halogens is 1. The molecule has 4 nitrogen and oxygen atoms in total. The zero-order valence-electron chi connectivity index (χ0n) is 12.1. The summed E-state index contributed by atoms with van der Waals surface area (Å²) in [7, 11) is 0. The largest absolute Gasteiger partial charge is 0.327 e. The fraction of sp³-hybridized carbons (Fsp3) is 0.333. The molecule has 0 saturated carbocycles.